The van der Waals surface area contributed by atoms with Crippen LogP contribution in [0.3, 0.4) is 0 Å². The first kappa shape index (κ1) is 21.2. The van der Waals surface area contributed by atoms with Gasteiger partial charge in [-0.15, -0.1) is 0 Å². The van der Waals surface area contributed by atoms with Crippen molar-refractivity contribution in [2.45, 2.75) is 32.4 Å². The third-order valence-corrected chi connectivity index (χ3v) is 6.76. The van der Waals surface area contributed by atoms with Gasteiger partial charge in [0, 0.05) is 49.8 Å². The molecule has 4 heterocycles. The van der Waals surface area contributed by atoms with Crippen molar-refractivity contribution in [3.8, 4) is 0 Å². The predicted molar refractivity (Wildman–Crippen MR) is 118 cm³/mol. The molecule has 0 bridgehead atoms. The summed E-state index contributed by atoms with van der Waals surface area (Å²) in [6.07, 6.45) is 3.06. The first-order valence-electron chi connectivity index (χ1n) is 11.1. The zero-order valence-corrected chi connectivity index (χ0v) is 18.5. The molecule has 1 aromatic heterocycles. The van der Waals surface area contributed by atoms with Crippen LogP contribution in [-0.2, 0) is 19.5 Å². The van der Waals surface area contributed by atoms with Gasteiger partial charge in [-0.2, -0.15) is 5.10 Å². The van der Waals surface area contributed by atoms with Gasteiger partial charge in [-0.1, -0.05) is 11.6 Å². The van der Waals surface area contributed by atoms with E-state index < -0.39 is 5.82 Å². The minimum absolute atomic E-state index is 0.0501. The number of nitrogens with one attached hydrogen (secondary N) is 2. The van der Waals surface area contributed by atoms with Crippen LogP contribution >= 0.6 is 11.6 Å². The minimum Gasteiger partial charge on any atom is -0.350 e. The fourth-order valence-corrected chi connectivity index (χ4v) is 5.03. The lowest BCUT2D eigenvalue weighted by atomic mass is 10.1. The topological polar surface area (TPSA) is 82.5 Å². The molecule has 1 fully saturated rings. The Morgan fingerprint density at radius 3 is 2.88 bits per heavy atom. The Morgan fingerprint density at radius 1 is 1.28 bits per heavy atom. The van der Waals surface area contributed by atoms with E-state index >= 15 is 0 Å². The highest BCUT2D eigenvalue weighted by atomic mass is 35.5. The number of aromatic nitrogens is 2. The Kier molecular flexibility index (Phi) is 5.77. The Hall–Kier alpha value is -2.65. The number of fused-ring (bicyclic) bond motifs is 3. The number of urea groups is 1. The summed E-state index contributed by atoms with van der Waals surface area (Å²) in [5, 5.41) is 10.5. The van der Waals surface area contributed by atoms with Crippen LogP contribution in [0, 0.1) is 11.7 Å². The molecule has 8 nitrogen and oxygen atoms in total. The van der Waals surface area contributed by atoms with Crippen molar-refractivity contribution in [1.82, 2.24) is 24.9 Å². The highest BCUT2D eigenvalue weighted by Gasteiger charge is 2.33. The van der Waals surface area contributed by atoms with Gasteiger partial charge < -0.3 is 20.4 Å². The van der Waals surface area contributed by atoms with E-state index in [1.165, 1.54) is 31.0 Å². The van der Waals surface area contributed by atoms with Gasteiger partial charge in [0.25, 0.3) is 5.91 Å². The summed E-state index contributed by atoms with van der Waals surface area (Å²) in [5.74, 6) is -0.360. The zero-order chi connectivity index (χ0) is 22.2. The molecule has 1 unspecified atom stereocenters. The van der Waals surface area contributed by atoms with Crippen molar-refractivity contribution in [3.63, 3.8) is 0 Å². The maximum atomic E-state index is 13.4. The average Bonchev–Trinajstić information content (AvgIpc) is 3.37. The van der Waals surface area contributed by atoms with E-state index in [2.05, 4.69) is 15.5 Å². The molecule has 0 spiro atoms. The van der Waals surface area contributed by atoms with Gasteiger partial charge in [0.2, 0.25) is 0 Å². The van der Waals surface area contributed by atoms with Gasteiger partial charge >= 0.3 is 6.03 Å². The molecular formula is C22H26ClFN6O2. The van der Waals surface area contributed by atoms with Gasteiger partial charge in [0.05, 0.1) is 17.3 Å². The second kappa shape index (κ2) is 8.71. The quantitative estimate of drug-likeness (QED) is 0.737. The molecule has 1 aromatic carbocycles. The van der Waals surface area contributed by atoms with E-state index in [-0.39, 0.29) is 17.0 Å². The van der Waals surface area contributed by atoms with Crippen molar-refractivity contribution in [1.29, 1.82) is 0 Å². The molecule has 10 heteroatoms. The Bertz CT molecular complexity index is 1050. The number of anilines is 1. The fourth-order valence-electron chi connectivity index (χ4n) is 4.84. The summed E-state index contributed by atoms with van der Waals surface area (Å²) in [6.45, 7) is 5.31. The minimum atomic E-state index is -0.538. The number of carbonyl (C=O) groups excluding carboxylic acids is 2. The van der Waals surface area contributed by atoms with Crippen LogP contribution in [0.15, 0.2) is 18.2 Å². The first-order chi connectivity index (χ1) is 15.5. The SMILES string of the molecule is O=C1NCC(CN2CCCC2)Cn2nc3c(c21)CN(C(=O)Nc1ccc(F)c(Cl)c1)CC3. The van der Waals surface area contributed by atoms with Crippen LogP contribution in [0.4, 0.5) is 14.9 Å². The summed E-state index contributed by atoms with van der Waals surface area (Å²) in [5.41, 5.74) is 2.67. The number of rotatable bonds is 3. The van der Waals surface area contributed by atoms with Crippen LogP contribution in [0.25, 0.3) is 0 Å². The first-order valence-corrected chi connectivity index (χ1v) is 11.5. The van der Waals surface area contributed by atoms with Crippen LogP contribution in [-0.4, -0.2) is 64.2 Å². The van der Waals surface area contributed by atoms with E-state index in [0.29, 0.717) is 49.9 Å². The van der Waals surface area contributed by atoms with Crippen molar-refractivity contribution < 1.29 is 14.0 Å². The molecule has 170 valence electrons. The lowest BCUT2D eigenvalue weighted by Gasteiger charge is -2.27. The van der Waals surface area contributed by atoms with Gasteiger partial charge in [0.1, 0.15) is 11.5 Å². The van der Waals surface area contributed by atoms with E-state index in [0.717, 1.165) is 30.9 Å². The summed E-state index contributed by atoms with van der Waals surface area (Å²) in [6, 6.07) is 3.74. The molecule has 2 aromatic rings. The second-order valence-electron chi connectivity index (χ2n) is 8.77. The summed E-state index contributed by atoms with van der Waals surface area (Å²) in [4.78, 5) is 29.8. The van der Waals surface area contributed by atoms with E-state index in [1.54, 1.807) is 4.90 Å². The van der Waals surface area contributed by atoms with E-state index in [9.17, 15) is 14.0 Å². The molecule has 1 saturated heterocycles. The number of carbonyl (C=O) groups is 2. The normalized spacial score (nSPS) is 21.0. The predicted octanol–water partition coefficient (Wildman–Crippen LogP) is 2.72. The van der Waals surface area contributed by atoms with Crippen LogP contribution < -0.4 is 10.6 Å². The Balaban J connectivity index is 1.31. The largest absolute Gasteiger partial charge is 0.350 e. The summed E-state index contributed by atoms with van der Waals surface area (Å²) >= 11 is 5.81. The maximum absolute atomic E-state index is 13.4. The number of hydrogen-bond acceptors (Lipinski definition) is 4. The lowest BCUT2D eigenvalue weighted by Crippen LogP contribution is -2.39. The smallest absolute Gasteiger partial charge is 0.322 e. The maximum Gasteiger partial charge on any atom is 0.322 e. The number of hydrogen-bond donors (Lipinski definition) is 2. The molecule has 1 atom stereocenters. The number of benzene rings is 1. The highest BCUT2D eigenvalue weighted by molar-refractivity contribution is 6.31. The van der Waals surface area contributed by atoms with Crippen molar-refractivity contribution >= 4 is 29.2 Å². The molecule has 0 radical (unpaired) electrons. The molecular weight excluding hydrogens is 435 g/mol. The summed E-state index contributed by atoms with van der Waals surface area (Å²) in [7, 11) is 0. The van der Waals surface area contributed by atoms with Crippen molar-refractivity contribution in [2.75, 3.05) is 38.0 Å². The van der Waals surface area contributed by atoms with E-state index in [1.807, 2.05) is 4.68 Å². The molecule has 5 rings (SSSR count). The number of nitrogens with zero attached hydrogens (tertiary/aromatic N) is 4. The molecule has 3 aliphatic heterocycles. The monoisotopic (exact) mass is 460 g/mol. The Labute approximate surface area is 190 Å². The molecule has 0 aliphatic carbocycles. The molecule has 32 heavy (non-hydrogen) atoms. The zero-order valence-electron chi connectivity index (χ0n) is 17.7. The van der Waals surface area contributed by atoms with Crippen molar-refractivity contribution in [3.05, 3.63) is 46.0 Å². The van der Waals surface area contributed by atoms with Gasteiger partial charge in [0.15, 0.2) is 0 Å². The molecule has 3 amide bonds. The highest BCUT2D eigenvalue weighted by Crippen LogP contribution is 2.26. The molecule has 0 saturated carbocycles. The van der Waals surface area contributed by atoms with Crippen LogP contribution in [0.2, 0.25) is 5.02 Å². The van der Waals surface area contributed by atoms with Crippen molar-refractivity contribution in [2.24, 2.45) is 5.92 Å². The van der Waals surface area contributed by atoms with Gasteiger partial charge in [-0.3, -0.25) is 9.48 Å². The van der Waals surface area contributed by atoms with E-state index in [4.69, 9.17) is 16.7 Å². The second-order valence-corrected chi connectivity index (χ2v) is 9.18. The van der Waals surface area contributed by atoms with Crippen LogP contribution in [0.5, 0.6) is 0 Å². The number of amides is 3. The van der Waals surface area contributed by atoms with Gasteiger partial charge in [-0.25, -0.2) is 9.18 Å². The number of halogens is 2. The summed E-state index contributed by atoms with van der Waals surface area (Å²) < 4.78 is 15.2. The third kappa shape index (κ3) is 4.19. The van der Waals surface area contributed by atoms with Crippen LogP contribution in [0.1, 0.15) is 34.6 Å². The number of likely N-dealkylation sites (tertiary alicyclic amines) is 1. The fraction of sp³-hybridized carbons (Fsp3) is 0.500. The standard InChI is InChI=1S/C22H26ClFN6O2/c23-17-9-15(3-4-18(17)24)26-22(32)29-8-5-19-16(13-29)20-21(31)25-10-14(12-30(20)27-19)11-28-6-1-2-7-28/h3-4,9,14H,1-2,5-8,10-13H2,(H,25,31)(H,26,32). The van der Waals surface area contributed by atoms with Gasteiger partial charge in [-0.05, 0) is 44.1 Å². The Morgan fingerprint density at radius 2 is 2.09 bits per heavy atom. The average molecular weight is 461 g/mol. The molecule has 2 N–H and O–H groups in total. The lowest BCUT2D eigenvalue weighted by molar-refractivity contribution is 0.0944. The molecule has 3 aliphatic rings. The third-order valence-electron chi connectivity index (χ3n) is 6.47.